The van der Waals surface area contributed by atoms with Gasteiger partial charge in [-0.15, -0.1) is 10.1 Å². The van der Waals surface area contributed by atoms with Crippen LogP contribution in [-0.2, 0) is 0 Å². The Kier molecular flexibility index (Phi) is 3.40. The second-order valence-electron chi connectivity index (χ2n) is 2.73. The summed E-state index contributed by atoms with van der Waals surface area (Å²) in [5.41, 5.74) is 3.23. The number of hydrogen-bond donors (Lipinski definition) is 1. The molecular formula is C7H12ClN3S. The van der Waals surface area contributed by atoms with E-state index >= 15 is 0 Å². The molecule has 2 heterocycles. The molecule has 0 bridgehead atoms. The number of nitrogens with one attached hydrogen (secondary N) is 1. The molecule has 0 saturated carbocycles. The SMILES string of the molecule is CN=C1N[N+]2=CCCCC2S1.[Cl-]. The van der Waals surface area contributed by atoms with Gasteiger partial charge >= 0.3 is 0 Å². The number of rotatable bonds is 0. The summed E-state index contributed by atoms with van der Waals surface area (Å²) in [6.07, 6.45) is 6.00. The summed E-state index contributed by atoms with van der Waals surface area (Å²) in [5, 5.41) is 1.65. The first-order valence-corrected chi connectivity index (χ1v) is 4.80. The van der Waals surface area contributed by atoms with Crippen LogP contribution >= 0.6 is 11.8 Å². The molecule has 5 heteroatoms. The first-order valence-electron chi connectivity index (χ1n) is 3.92. The molecule has 3 nitrogen and oxygen atoms in total. The lowest BCUT2D eigenvalue weighted by Crippen LogP contribution is -3.00. The molecule has 0 aromatic carbocycles. The van der Waals surface area contributed by atoms with Crippen molar-refractivity contribution in [1.29, 1.82) is 0 Å². The highest BCUT2D eigenvalue weighted by molar-refractivity contribution is 8.14. The average molecular weight is 206 g/mol. The van der Waals surface area contributed by atoms with Crippen molar-refractivity contribution in [2.45, 2.75) is 24.6 Å². The summed E-state index contributed by atoms with van der Waals surface area (Å²) in [6, 6.07) is 0. The van der Waals surface area contributed by atoms with E-state index in [1.165, 1.54) is 19.3 Å². The Morgan fingerprint density at radius 3 is 3.25 bits per heavy atom. The molecule has 1 fully saturated rings. The van der Waals surface area contributed by atoms with Gasteiger partial charge in [0.05, 0.1) is 0 Å². The van der Waals surface area contributed by atoms with Crippen LogP contribution in [0.15, 0.2) is 4.99 Å². The highest BCUT2D eigenvalue weighted by atomic mass is 35.5. The fraction of sp³-hybridized carbons (Fsp3) is 0.714. The fourth-order valence-electron chi connectivity index (χ4n) is 1.38. The molecule has 0 aromatic rings. The quantitative estimate of drug-likeness (QED) is 0.456. The van der Waals surface area contributed by atoms with Gasteiger partial charge in [-0.3, -0.25) is 4.99 Å². The van der Waals surface area contributed by atoms with Gasteiger partial charge in [0.25, 0.3) is 0 Å². The Morgan fingerprint density at radius 1 is 1.75 bits per heavy atom. The lowest BCUT2D eigenvalue weighted by molar-refractivity contribution is -0.578. The maximum atomic E-state index is 4.12. The number of thioether (sulfide) groups is 1. The maximum Gasteiger partial charge on any atom is 0.234 e. The van der Waals surface area contributed by atoms with Gasteiger partial charge in [0.15, 0.2) is 6.21 Å². The molecule has 0 radical (unpaired) electrons. The fourth-order valence-corrected chi connectivity index (χ4v) is 2.44. The molecule has 0 amide bonds. The number of halogens is 1. The van der Waals surface area contributed by atoms with Gasteiger partial charge in [-0.1, -0.05) is 0 Å². The van der Waals surface area contributed by atoms with Gasteiger partial charge in [-0.2, -0.15) is 0 Å². The van der Waals surface area contributed by atoms with E-state index in [4.69, 9.17) is 0 Å². The van der Waals surface area contributed by atoms with Crippen LogP contribution in [-0.4, -0.2) is 28.5 Å². The van der Waals surface area contributed by atoms with Crippen molar-refractivity contribution >= 4 is 23.1 Å². The van der Waals surface area contributed by atoms with Gasteiger partial charge < -0.3 is 12.4 Å². The van der Waals surface area contributed by atoms with Crippen molar-refractivity contribution < 1.29 is 17.1 Å². The highest BCUT2D eigenvalue weighted by Gasteiger charge is 2.34. The predicted octanol–water partition coefficient (Wildman–Crippen LogP) is -2.18. The van der Waals surface area contributed by atoms with Crippen molar-refractivity contribution in [2.75, 3.05) is 7.05 Å². The summed E-state index contributed by atoms with van der Waals surface area (Å²) in [4.78, 5) is 4.12. The van der Waals surface area contributed by atoms with E-state index in [0.29, 0.717) is 5.37 Å². The number of hydrogen-bond acceptors (Lipinski definition) is 2. The van der Waals surface area contributed by atoms with Gasteiger partial charge in [0.2, 0.25) is 10.5 Å². The number of fused-ring (bicyclic) bond motifs is 1. The van der Waals surface area contributed by atoms with Crippen LogP contribution in [0.5, 0.6) is 0 Å². The van der Waals surface area contributed by atoms with Crippen LogP contribution in [0.25, 0.3) is 0 Å². The standard InChI is InChI=1S/C7H12N3S.ClH/c1-8-7-9-10-5-3-2-4-6(10)11-7;/h5-6H,2-4H2,1H3,(H,8,9);1H/q+1;/p-1. The number of nitrogens with zero attached hydrogens (tertiary/aromatic N) is 2. The lowest BCUT2D eigenvalue weighted by atomic mass is 10.2. The molecule has 1 unspecified atom stereocenters. The number of hydrazine groups is 1. The molecule has 2 aliphatic rings. The molecule has 12 heavy (non-hydrogen) atoms. The number of amidine groups is 1. The third-order valence-electron chi connectivity index (χ3n) is 1.97. The molecule has 1 atom stereocenters. The van der Waals surface area contributed by atoms with Crippen molar-refractivity contribution in [2.24, 2.45) is 4.99 Å². The third-order valence-corrected chi connectivity index (χ3v) is 3.20. The zero-order valence-corrected chi connectivity index (χ0v) is 8.53. The Labute approximate surface area is 82.7 Å². The summed E-state index contributed by atoms with van der Waals surface area (Å²) in [7, 11) is 1.83. The summed E-state index contributed by atoms with van der Waals surface area (Å²) < 4.78 is 2.18. The summed E-state index contributed by atoms with van der Waals surface area (Å²) in [6.45, 7) is 0. The first kappa shape index (κ1) is 9.86. The van der Waals surface area contributed by atoms with E-state index in [1.807, 2.05) is 18.8 Å². The van der Waals surface area contributed by atoms with Crippen molar-refractivity contribution in [1.82, 2.24) is 5.43 Å². The van der Waals surface area contributed by atoms with E-state index in [1.54, 1.807) is 0 Å². The topological polar surface area (TPSA) is 27.4 Å². The lowest BCUT2D eigenvalue weighted by Gasteiger charge is -2.06. The predicted molar refractivity (Wildman–Crippen MR) is 48.0 cm³/mol. The number of hydrazone groups is 1. The minimum Gasteiger partial charge on any atom is -1.00 e. The Balaban J connectivity index is 0.000000720. The first-order chi connectivity index (χ1) is 5.40. The molecular weight excluding hydrogens is 194 g/mol. The Hall–Kier alpha value is -0.220. The highest BCUT2D eigenvalue weighted by Crippen LogP contribution is 2.25. The molecule has 2 aliphatic heterocycles. The second kappa shape index (κ2) is 4.14. The van der Waals surface area contributed by atoms with E-state index < -0.39 is 0 Å². The monoisotopic (exact) mass is 205 g/mol. The minimum absolute atomic E-state index is 0. The van der Waals surface area contributed by atoms with Crippen LogP contribution in [0.3, 0.4) is 0 Å². The van der Waals surface area contributed by atoms with Crippen LogP contribution in [0.1, 0.15) is 19.3 Å². The smallest absolute Gasteiger partial charge is 0.234 e. The normalized spacial score (nSPS) is 30.2. The van der Waals surface area contributed by atoms with E-state index in [0.717, 1.165) is 5.17 Å². The Morgan fingerprint density at radius 2 is 2.58 bits per heavy atom. The van der Waals surface area contributed by atoms with E-state index in [-0.39, 0.29) is 12.4 Å². The molecule has 1 N–H and O–H groups in total. The van der Waals surface area contributed by atoms with Gasteiger partial charge in [0, 0.05) is 19.9 Å². The van der Waals surface area contributed by atoms with Gasteiger partial charge in [-0.05, 0) is 18.2 Å². The van der Waals surface area contributed by atoms with Crippen molar-refractivity contribution in [3.63, 3.8) is 0 Å². The molecule has 0 aliphatic carbocycles. The maximum absolute atomic E-state index is 4.12. The zero-order chi connectivity index (χ0) is 7.68. The van der Waals surface area contributed by atoms with Crippen LogP contribution in [0.4, 0.5) is 0 Å². The molecule has 2 rings (SSSR count). The van der Waals surface area contributed by atoms with Crippen molar-refractivity contribution in [3.05, 3.63) is 0 Å². The molecule has 0 aromatic heterocycles. The number of aliphatic imine (C=N–C) groups is 1. The molecule has 0 spiro atoms. The third kappa shape index (κ3) is 1.75. The summed E-state index contributed by atoms with van der Waals surface area (Å²) in [5.74, 6) is 0. The largest absolute Gasteiger partial charge is 1.00 e. The van der Waals surface area contributed by atoms with Crippen molar-refractivity contribution in [3.8, 4) is 0 Å². The van der Waals surface area contributed by atoms with Crippen LogP contribution in [0, 0.1) is 0 Å². The zero-order valence-electron chi connectivity index (χ0n) is 6.96. The van der Waals surface area contributed by atoms with Crippen LogP contribution < -0.4 is 17.8 Å². The van der Waals surface area contributed by atoms with Gasteiger partial charge in [0.1, 0.15) is 0 Å². The average Bonchev–Trinajstić information content (AvgIpc) is 2.46. The van der Waals surface area contributed by atoms with Gasteiger partial charge in [-0.25, -0.2) is 0 Å². The molecule has 68 valence electrons. The minimum atomic E-state index is 0. The van der Waals surface area contributed by atoms with E-state index in [9.17, 15) is 0 Å². The summed E-state index contributed by atoms with van der Waals surface area (Å²) >= 11 is 1.83. The Bertz CT molecular complexity index is 227. The molecule has 1 saturated heterocycles. The van der Waals surface area contributed by atoms with E-state index in [2.05, 4.69) is 21.3 Å². The second-order valence-corrected chi connectivity index (χ2v) is 3.90. The van der Waals surface area contributed by atoms with Crippen LogP contribution in [0.2, 0.25) is 0 Å².